The Balaban J connectivity index is 1.72. The molecule has 1 aromatic heterocycles. The maximum Gasteiger partial charge on any atom is 0.339 e. The van der Waals surface area contributed by atoms with E-state index in [1.165, 1.54) is 0 Å². The van der Waals surface area contributed by atoms with Crippen molar-refractivity contribution in [1.29, 1.82) is 0 Å². The monoisotopic (exact) mass is 432 g/mol. The molecular formula is C26H24O6. The van der Waals surface area contributed by atoms with Crippen molar-refractivity contribution in [3.8, 4) is 28.4 Å². The molecule has 0 saturated heterocycles. The van der Waals surface area contributed by atoms with Crippen LogP contribution in [0.15, 0.2) is 71.3 Å². The number of furan rings is 1. The number of hydrogen-bond donors (Lipinski definition) is 0. The fourth-order valence-corrected chi connectivity index (χ4v) is 3.58. The highest BCUT2D eigenvalue weighted by Gasteiger charge is 2.21. The first-order valence-electron chi connectivity index (χ1n) is 10.2. The van der Waals surface area contributed by atoms with Gasteiger partial charge in [-0.15, -0.1) is 0 Å². The molecule has 0 atom stereocenters. The summed E-state index contributed by atoms with van der Waals surface area (Å²) in [6, 6.07) is 18.8. The van der Waals surface area contributed by atoms with Gasteiger partial charge in [0, 0.05) is 29.5 Å². The van der Waals surface area contributed by atoms with Crippen molar-refractivity contribution >= 4 is 16.9 Å². The molecule has 4 rings (SSSR count). The van der Waals surface area contributed by atoms with E-state index in [2.05, 4.69) is 0 Å². The third kappa shape index (κ3) is 4.39. The van der Waals surface area contributed by atoms with Crippen LogP contribution in [0.25, 0.3) is 22.1 Å². The van der Waals surface area contributed by atoms with Crippen LogP contribution in [0.3, 0.4) is 0 Å². The molecule has 1 heterocycles. The fraction of sp³-hybridized carbons (Fsp3) is 0.192. The Kier molecular flexibility index (Phi) is 6.31. The standard InChI is InChI=1S/C26H24O6/c1-28-19-11-18(12-20(13-19)29-2)23-16-32-24-15-21(30-3)14-22(25(23)24)26(27)31-10-9-17-7-5-4-6-8-17/h4-8,11-16H,9-10H2,1-3H3. The molecule has 0 saturated carbocycles. The molecule has 0 aliphatic carbocycles. The van der Waals surface area contributed by atoms with E-state index in [1.807, 2.05) is 42.5 Å². The summed E-state index contributed by atoms with van der Waals surface area (Å²) >= 11 is 0. The minimum absolute atomic E-state index is 0.266. The summed E-state index contributed by atoms with van der Waals surface area (Å²) < 4.78 is 27.5. The van der Waals surface area contributed by atoms with E-state index in [1.54, 1.807) is 45.8 Å². The molecule has 32 heavy (non-hydrogen) atoms. The summed E-state index contributed by atoms with van der Waals surface area (Å²) in [6.45, 7) is 0.266. The van der Waals surface area contributed by atoms with Gasteiger partial charge in [-0.3, -0.25) is 0 Å². The summed E-state index contributed by atoms with van der Waals surface area (Å²) in [5.74, 6) is 1.34. The summed E-state index contributed by atoms with van der Waals surface area (Å²) in [6.07, 6.45) is 2.24. The Morgan fingerprint density at radius 1 is 0.844 bits per heavy atom. The number of carbonyl (C=O) groups is 1. The number of hydrogen-bond acceptors (Lipinski definition) is 6. The lowest BCUT2D eigenvalue weighted by molar-refractivity contribution is 0.0511. The molecule has 0 spiro atoms. The number of rotatable bonds is 8. The van der Waals surface area contributed by atoms with E-state index in [4.69, 9.17) is 23.4 Å². The molecule has 0 unspecified atom stereocenters. The highest BCUT2D eigenvalue weighted by Crippen LogP contribution is 2.39. The van der Waals surface area contributed by atoms with Crippen LogP contribution in [0.5, 0.6) is 17.2 Å². The van der Waals surface area contributed by atoms with E-state index in [0.717, 1.165) is 16.7 Å². The zero-order chi connectivity index (χ0) is 22.5. The number of benzene rings is 3. The van der Waals surface area contributed by atoms with Gasteiger partial charge in [0.2, 0.25) is 0 Å². The van der Waals surface area contributed by atoms with Crippen LogP contribution in [0.2, 0.25) is 0 Å². The second-order valence-corrected chi connectivity index (χ2v) is 7.17. The first-order chi connectivity index (χ1) is 15.6. The Morgan fingerprint density at radius 2 is 1.50 bits per heavy atom. The summed E-state index contributed by atoms with van der Waals surface area (Å²) in [7, 11) is 4.72. The van der Waals surface area contributed by atoms with Gasteiger partial charge >= 0.3 is 5.97 Å². The van der Waals surface area contributed by atoms with Gasteiger partial charge in [0.25, 0.3) is 0 Å². The first kappa shape index (κ1) is 21.3. The third-order valence-electron chi connectivity index (χ3n) is 5.23. The molecule has 0 N–H and O–H groups in total. The normalized spacial score (nSPS) is 10.7. The number of methoxy groups -OCH3 is 3. The van der Waals surface area contributed by atoms with Crippen LogP contribution in [-0.4, -0.2) is 33.9 Å². The van der Waals surface area contributed by atoms with Crippen molar-refractivity contribution in [3.05, 3.63) is 78.1 Å². The number of ether oxygens (including phenoxy) is 4. The number of esters is 1. The predicted molar refractivity (Wildman–Crippen MR) is 122 cm³/mol. The van der Waals surface area contributed by atoms with Crippen LogP contribution in [0, 0.1) is 0 Å². The van der Waals surface area contributed by atoms with Crippen LogP contribution >= 0.6 is 0 Å². The molecule has 0 aliphatic heterocycles. The van der Waals surface area contributed by atoms with Crippen molar-refractivity contribution in [2.45, 2.75) is 6.42 Å². The zero-order valence-corrected chi connectivity index (χ0v) is 18.2. The van der Waals surface area contributed by atoms with Gasteiger partial charge in [-0.25, -0.2) is 4.79 Å². The quantitative estimate of drug-likeness (QED) is 0.341. The van der Waals surface area contributed by atoms with Gasteiger partial charge in [-0.2, -0.15) is 0 Å². The molecule has 0 fully saturated rings. The SMILES string of the molecule is COc1cc(OC)cc(-c2coc3cc(OC)cc(C(=O)OCCc4ccccc4)c23)c1. The lowest BCUT2D eigenvalue weighted by atomic mass is 10.00. The highest BCUT2D eigenvalue weighted by molar-refractivity contribution is 6.10. The number of fused-ring (bicyclic) bond motifs is 1. The lowest BCUT2D eigenvalue weighted by Crippen LogP contribution is -2.09. The van der Waals surface area contributed by atoms with Crippen molar-refractivity contribution in [3.63, 3.8) is 0 Å². The maximum atomic E-state index is 13.1. The molecule has 0 aliphatic rings. The minimum Gasteiger partial charge on any atom is -0.497 e. The van der Waals surface area contributed by atoms with Gasteiger partial charge in [0.15, 0.2) is 0 Å². The summed E-state index contributed by atoms with van der Waals surface area (Å²) in [4.78, 5) is 13.1. The number of carbonyl (C=O) groups excluding carboxylic acids is 1. The maximum absolute atomic E-state index is 13.1. The topological polar surface area (TPSA) is 67.1 Å². The van der Waals surface area contributed by atoms with E-state index >= 15 is 0 Å². The van der Waals surface area contributed by atoms with Crippen LogP contribution in [0.1, 0.15) is 15.9 Å². The van der Waals surface area contributed by atoms with Crippen molar-refractivity contribution in [1.82, 2.24) is 0 Å². The van der Waals surface area contributed by atoms with Gasteiger partial charge in [0.05, 0.1) is 39.8 Å². The summed E-state index contributed by atoms with van der Waals surface area (Å²) in [5, 5.41) is 0.644. The smallest absolute Gasteiger partial charge is 0.339 e. The Morgan fingerprint density at radius 3 is 2.16 bits per heavy atom. The molecule has 0 bridgehead atoms. The first-order valence-corrected chi connectivity index (χ1v) is 10.2. The van der Waals surface area contributed by atoms with Crippen molar-refractivity contribution < 1.29 is 28.2 Å². The lowest BCUT2D eigenvalue weighted by Gasteiger charge is -2.11. The predicted octanol–water partition coefficient (Wildman–Crippen LogP) is 5.53. The second kappa shape index (κ2) is 9.47. The molecule has 0 amide bonds. The molecule has 0 radical (unpaired) electrons. The van der Waals surface area contributed by atoms with Gasteiger partial charge in [-0.05, 0) is 29.3 Å². The average molecular weight is 432 g/mol. The van der Waals surface area contributed by atoms with Gasteiger partial charge in [0.1, 0.15) is 22.8 Å². The third-order valence-corrected chi connectivity index (χ3v) is 5.23. The summed E-state index contributed by atoms with van der Waals surface area (Å²) in [5.41, 5.74) is 3.52. The van der Waals surface area contributed by atoms with E-state index in [-0.39, 0.29) is 6.61 Å². The van der Waals surface area contributed by atoms with Crippen LogP contribution in [-0.2, 0) is 11.2 Å². The molecule has 3 aromatic carbocycles. The van der Waals surface area contributed by atoms with E-state index in [0.29, 0.717) is 40.2 Å². The van der Waals surface area contributed by atoms with E-state index in [9.17, 15) is 4.79 Å². The average Bonchev–Trinajstić information content (AvgIpc) is 3.27. The highest BCUT2D eigenvalue weighted by atomic mass is 16.5. The molecular weight excluding hydrogens is 408 g/mol. The molecule has 6 heteroatoms. The molecule has 6 nitrogen and oxygen atoms in total. The Hall–Kier alpha value is -3.93. The minimum atomic E-state index is -0.442. The molecule has 4 aromatic rings. The molecule has 164 valence electrons. The van der Waals surface area contributed by atoms with Crippen molar-refractivity contribution in [2.24, 2.45) is 0 Å². The largest absolute Gasteiger partial charge is 0.497 e. The Bertz CT molecular complexity index is 1200. The second-order valence-electron chi connectivity index (χ2n) is 7.17. The van der Waals surface area contributed by atoms with Crippen molar-refractivity contribution in [2.75, 3.05) is 27.9 Å². The van der Waals surface area contributed by atoms with E-state index < -0.39 is 5.97 Å². The van der Waals surface area contributed by atoms with Gasteiger partial charge < -0.3 is 23.4 Å². The van der Waals surface area contributed by atoms with Crippen LogP contribution in [0.4, 0.5) is 0 Å². The fourth-order valence-electron chi connectivity index (χ4n) is 3.58. The van der Waals surface area contributed by atoms with Crippen LogP contribution < -0.4 is 14.2 Å². The van der Waals surface area contributed by atoms with Gasteiger partial charge in [-0.1, -0.05) is 30.3 Å². The zero-order valence-electron chi connectivity index (χ0n) is 18.2. The Labute approximate surface area is 186 Å².